The van der Waals surface area contributed by atoms with E-state index in [0.29, 0.717) is 12.0 Å². The topological polar surface area (TPSA) is 55.2 Å². The molecule has 1 N–H and O–H groups in total. The third-order valence-electron chi connectivity index (χ3n) is 3.22. The van der Waals surface area contributed by atoms with Crippen molar-refractivity contribution in [2.24, 2.45) is 0 Å². The molecule has 118 valence electrons. The van der Waals surface area contributed by atoms with E-state index >= 15 is 0 Å². The average molecular weight is 304 g/mol. The Morgan fingerprint density at radius 2 is 2.00 bits per heavy atom. The fourth-order valence-electron chi connectivity index (χ4n) is 2.09. The summed E-state index contributed by atoms with van der Waals surface area (Å²) < 4.78 is 38.7. The van der Waals surface area contributed by atoms with E-state index in [1.54, 1.807) is 0 Å². The molecule has 0 bridgehead atoms. The molecule has 0 aliphatic carbocycles. The zero-order chi connectivity index (χ0) is 16.0. The fraction of sp³-hybridized carbons (Fsp3) is 0.571. The molecule has 0 amide bonds. The minimum absolute atomic E-state index is 0.0625. The average Bonchev–Trinajstić information content (AvgIpc) is 2.42. The van der Waals surface area contributed by atoms with Crippen LogP contribution in [0.15, 0.2) is 18.2 Å². The van der Waals surface area contributed by atoms with Crippen molar-refractivity contribution < 1.29 is 18.1 Å². The molecule has 21 heavy (non-hydrogen) atoms. The monoisotopic (exact) mass is 304 g/mol. The van der Waals surface area contributed by atoms with Crippen molar-refractivity contribution in [2.45, 2.75) is 45.3 Å². The van der Waals surface area contributed by atoms with E-state index in [2.05, 4.69) is 5.32 Å². The number of rotatable bonds is 7. The fourth-order valence-corrected chi connectivity index (χ4v) is 2.09. The van der Waals surface area contributed by atoms with Crippen molar-refractivity contribution in [2.75, 3.05) is 6.54 Å². The SMILES string of the molecule is CCCNC(CC)Cc1ccc([N+](=O)[O-])c(C(F)(F)F)c1. The number of benzene rings is 1. The van der Waals surface area contributed by atoms with Crippen LogP contribution in [-0.2, 0) is 12.6 Å². The van der Waals surface area contributed by atoms with Crippen molar-refractivity contribution >= 4 is 5.69 Å². The van der Waals surface area contributed by atoms with Gasteiger partial charge in [-0.15, -0.1) is 0 Å². The minimum atomic E-state index is -4.73. The van der Waals surface area contributed by atoms with Gasteiger partial charge in [-0.1, -0.05) is 19.9 Å². The van der Waals surface area contributed by atoms with Gasteiger partial charge in [0.25, 0.3) is 5.69 Å². The van der Waals surface area contributed by atoms with Gasteiger partial charge >= 0.3 is 6.18 Å². The van der Waals surface area contributed by atoms with E-state index in [0.717, 1.165) is 31.5 Å². The van der Waals surface area contributed by atoms with E-state index in [-0.39, 0.29) is 6.04 Å². The highest BCUT2D eigenvalue weighted by Crippen LogP contribution is 2.36. The Kier molecular flexibility index (Phi) is 6.14. The molecule has 0 spiro atoms. The molecular weight excluding hydrogens is 285 g/mol. The van der Waals surface area contributed by atoms with Crippen LogP contribution in [0.5, 0.6) is 0 Å². The maximum absolute atomic E-state index is 12.9. The first-order valence-electron chi connectivity index (χ1n) is 6.87. The van der Waals surface area contributed by atoms with Gasteiger partial charge in [-0.2, -0.15) is 13.2 Å². The van der Waals surface area contributed by atoms with Gasteiger partial charge in [0, 0.05) is 12.1 Å². The second kappa shape index (κ2) is 7.40. The summed E-state index contributed by atoms with van der Waals surface area (Å²) in [7, 11) is 0. The first kappa shape index (κ1) is 17.4. The Balaban J connectivity index is 3.02. The Morgan fingerprint density at radius 1 is 1.33 bits per heavy atom. The van der Waals surface area contributed by atoms with Crippen LogP contribution in [0.2, 0.25) is 0 Å². The molecule has 0 saturated heterocycles. The maximum Gasteiger partial charge on any atom is 0.423 e. The van der Waals surface area contributed by atoms with Gasteiger partial charge in [-0.05, 0) is 37.4 Å². The molecule has 0 radical (unpaired) electrons. The minimum Gasteiger partial charge on any atom is -0.314 e. The van der Waals surface area contributed by atoms with Crippen LogP contribution < -0.4 is 5.32 Å². The molecule has 4 nitrogen and oxygen atoms in total. The van der Waals surface area contributed by atoms with Gasteiger partial charge in [-0.25, -0.2) is 0 Å². The number of halogens is 3. The van der Waals surface area contributed by atoms with Crippen LogP contribution in [0, 0.1) is 10.1 Å². The highest BCUT2D eigenvalue weighted by atomic mass is 19.4. The molecule has 1 atom stereocenters. The second-order valence-corrected chi connectivity index (χ2v) is 4.87. The zero-order valence-corrected chi connectivity index (χ0v) is 12.0. The summed E-state index contributed by atoms with van der Waals surface area (Å²) in [5, 5.41) is 13.9. The molecule has 1 aromatic carbocycles. The molecule has 1 unspecified atom stereocenters. The standard InChI is InChI=1S/C14H19F3N2O2/c1-3-7-18-11(4-2)8-10-5-6-13(19(20)21)12(9-10)14(15,16)17/h5-6,9,11,18H,3-4,7-8H2,1-2H3. The lowest BCUT2D eigenvalue weighted by Crippen LogP contribution is -2.31. The van der Waals surface area contributed by atoms with E-state index in [9.17, 15) is 23.3 Å². The van der Waals surface area contributed by atoms with E-state index < -0.39 is 22.4 Å². The highest BCUT2D eigenvalue weighted by Gasteiger charge is 2.38. The molecule has 1 rings (SSSR count). The Labute approximate surface area is 121 Å². The Morgan fingerprint density at radius 3 is 2.48 bits per heavy atom. The predicted molar refractivity (Wildman–Crippen MR) is 74.2 cm³/mol. The zero-order valence-electron chi connectivity index (χ0n) is 12.0. The predicted octanol–water partition coefficient (Wildman–Crippen LogP) is 3.93. The lowest BCUT2D eigenvalue weighted by atomic mass is 10.0. The molecule has 0 aliphatic heterocycles. The number of nitro benzene ring substituents is 1. The van der Waals surface area contributed by atoms with Gasteiger partial charge in [0.05, 0.1) is 4.92 Å². The lowest BCUT2D eigenvalue weighted by molar-refractivity contribution is -0.388. The van der Waals surface area contributed by atoms with Crippen molar-refractivity contribution in [3.05, 3.63) is 39.4 Å². The summed E-state index contributed by atoms with van der Waals surface area (Å²) in [6.45, 7) is 4.74. The second-order valence-electron chi connectivity index (χ2n) is 4.87. The van der Waals surface area contributed by atoms with Crippen molar-refractivity contribution in [1.29, 1.82) is 0 Å². The molecule has 0 aromatic heterocycles. The van der Waals surface area contributed by atoms with Crippen LogP contribution in [0.3, 0.4) is 0 Å². The van der Waals surface area contributed by atoms with Crippen molar-refractivity contribution in [1.82, 2.24) is 5.32 Å². The summed E-state index contributed by atoms with van der Waals surface area (Å²) in [6, 6.07) is 3.27. The normalized spacial score (nSPS) is 13.2. The van der Waals surface area contributed by atoms with Gasteiger partial charge in [0.2, 0.25) is 0 Å². The molecule has 0 heterocycles. The van der Waals surface area contributed by atoms with E-state index in [1.165, 1.54) is 6.07 Å². The molecule has 7 heteroatoms. The van der Waals surface area contributed by atoms with Gasteiger partial charge in [0.15, 0.2) is 0 Å². The first-order chi connectivity index (χ1) is 9.79. The number of hydrogen-bond donors (Lipinski definition) is 1. The summed E-state index contributed by atoms with van der Waals surface area (Å²) in [4.78, 5) is 9.69. The number of alkyl halides is 3. The van der Waals surface area contributed by atoms with E-state index in [1.807, 2.05) is 13.8 Å². The molecule has 0 fully saturated rings. The lowest BCUT2D eigenvalue weighted by Gasteiger charge is -2.17. The van der Waals surface area contributed by atoms with Crippen LogP contribution in [-0.4, -0.2) is 17.5 Å². The van der Waals surface area contributed by atoms with Gasteiger partial charge in [0.1, 0.15) is 5.56 Å². The van der Waals surface area contributed by atoms with Gasteiger partial charge < -0.3 is 5.32 Å². The summed E-state index contributed by atoms with van der Waals surface area (Å²) in [5.74, 6) is 0. The van der Waals surface area contributed by atoms with Crippen molar-refractivity contribution in [3.63, 3.8) is 0 Å². The third-order valence-corrected chi connectivity index (χ3v) is 3.22. The third kappa shape index (κ3) is 5.00. The number of nitro groups is 1. The smallest absolute Gasteiger partial charge is 0.314 e. The Hall–Kier alpha value is -1.63. The van der Waals surface area contributed by atoms with Crippen LogP contribution in [0.1, 0.15) is 37.8 Å². The summed E-state index contributed by atoms with van der Waals surface area (Å²) in [6.07, 6.45) is -2.60. The number of hydrogen-bond acceptors (Lipinski definition) is 3. The maximum atomic E-state index is 12.9. The van der Waals surface area contributed by atoms with Gasteiger partial charge in [-0.3, -0.25) is 10.1 Å². The number of nitrogens with one attached hydrogen (secondary N) is 1. The number of nitrogens with zero attached hydrogens (tertiary/aromatic N) is 1. The van der Waals surface area contributed by atoms with Crippen LogP contribution >= 0.6 is 0 Å². The molecular formula is C14H19F3N2O2. The van der Waals surface area contributed by atoms with Crippen LogP contribution in [0.4, 0.5) is 18.9 Å². The largest absolute Gasteiger partial charge is 0.423 e. The summed E-state index contributed by atoms with van der Waals surface area (Å²) >= 11 is 0. The molecule has 0 saturated carbocycles. The first-order valence-corrected chi connectivity index (χ1v) is 6.87. The quantitative estimate of drug-likeness (QED) is 0.613. The molecule has 1 aromatic rings. The molecule has 0 aliphatic rings. The Bertz CT molecular complexity index is 490. The van der Waals surface area contributed by atoms with Crippen molar-refractivity contribution in [3.8, 4) is 0 Å². The van der Waals surface area contributed by atoms with E-state index in [4.69, 9.17) is 0 Å². The highest BCUT2D eigenvalue weighted by molar-refractivity contribution is 5.44. The summed E-state index contributed by atoms with van der Waals surface area (Å²) in [5.41, 5.74) is -1.64. The van der Waals surface area contributed by atoms with Crippen LogP contribution in [0.25, 0.3) is 0 Å².